The van der Waals surface area contributed by atoms with Gasteiger partial charge in [0.2, 0.25) is 10.0 Å². The minimum Gasteiger partial charge on any atom is -0.316 e. The summed E-state index contributed by atoms with van der Waals surface area (Å²) in [4.78, 5) is 0. The molecule has 0 amide bonds. The molecule has 0 unspecified atom stereocenters. The largest absolute Gasteiger partial charge is 0.316 e. The molecule has 0 saturated carbocycles. The lowest BCUT2D eigenvalue weighted by Gasteiger charge is -2.09. The fraction of sp³-hybridized carbons (Fsp3) is 0.571. The molecule has 2 N–H and O–H groups in total. The highest BCUT2D eigenvalue weighted by Gasteiger charge is 2.10. The van der Waals surface area contributed by atoms with Crippen LogP contribution in [0.4, 0.5) is 4.39 Å². The van der Waals surface area contributed by atoms with Crippen LogP contribution in [0, 0.1) is 19.7 Å². The number of hydrogen-bond donors (Lipinski definition) is 2. The molecule has 0 saturated heterocycles. The van der Waals surface area contributed by atoms with Crippen LogP contribution >= 0.6 is 0 Å². The Morgan fingerprint density at radius 3 is 2.30 bits per heavy atom. The number of hydrogen-bond acceptors (Lipinski definition) is 3. The molecule has 0 bridgehead atoms. The third-order valence-corrected chi connectivity index (χ3v) is 4.29. The van der Waals surface area contributed by atoms with Crippen LogP contribution < -0.4 is 10.0 Å². The summed E-state index contributed by atoms with van der Waals surface area (Å²) in [6.07, 6.45) is 0.974. The van der Waals surface area contributed by atoms with Crippen molar-refractivity contribution in [3.05, 3.63) is 34.6 Å². The van der Waals surface area contributed by atoms with Crippen molar-refractivity contribution in [2.45, 2.75) is 33.7 Å². The lowest BCUT2D eigenvalue weighted by Crippen LogP contribution is -2.32. The van der Waals surface area contributed by atoms with E-state index in [-0.39, 0.29) is 18.1 Å². The summed E-state index contributed by atoms with van der Waals surface area (Å²) >= 11 is 0. The van der Waals surface area contributed by atoms with E-state index in [9.17, 15) is 12.8 Å². The Balaban J connectivity index is 2.54. The van der Waals surface area contributed by atoms with Gasteiger partial charge in [0.1, 0.15) is 5.82 Å². The first-order chi connectivity index (χ1) is 9.35. The van der Waals surface area contributed by atoms with Gasteiger partial charge in [-0.2, -0.15) is 0 Å². The third kappa shape index (κ3) is 5.56. The second kappa shape index (κ2) is 7.71. The van der Waals surface area contributed by atoms with Gasteiger partial charge in [-0.3, -0.25) is 0 Å². The lowest BCUT2D eigenvalue weighted by atomic mass is 10.1. The van der Waals surface area contributed by atoms with E-state index >= 15 is 0 Å². The van der Waals surface area contributed by atoms with E-state index in [2.05, 4.69) is 10.0 Å². The zero-order valence-corrected chi connectivity index (χ0v) is 13.1. The molecular formula is C14H23FN2O2S. The van der Waals surface area contributed by atoms with Crippen LogP contribution in [-0.4, -0.2) is 27.3 Å². The predicted octanol–water partition coefficient (Wildman–Crippen LogP) is 1.86. The molecule has 0 aliphatic rings. The minimum atomic E-state index is -3.30. The van der Waals surface area contributed by atoms with E-state index in [1.807, 2.05) is 6.92 Å². The molecule has 1 aromatic rings. The molecule has 0 aliphatic heterocycles. The number of nitrogens with one attached hydrogen (secondary N) is 2. The Hall–Kier alpha value is -0.980. The highest BCUT2D eigenvalue weighted by atomic mass is 32.2. The normalized spacial score (nSPS) is 11.8. The first-order valence-electron chi connectivity index (χ1n) is 6.79. The molecule has 0 radical (unpaired) electrons. The maximum Gasteiger partial charge on any atom is 0.213 e. The zero-order valence-electron chi connectivity index (χ0n) is 12.3. The third-order valence-electron chi connectivity index (χ3n) is 2.97. The minimum absolute atomic E-state index is 0.0478. The van der Waals surface area contributed by atoms with Crippen molar-refractivity contribution in [3.63, 3.8) is 0 Å². The zero-order chi connectivity index (χ0) is 15.2. The van der Waals surface area contributed by atoms with E-state index in [4.69, 9.17) is 0 Å². The van der Waals surface area contributed by atoms with Crippen LogP contribution in [0.1, 0.15) is 30.0 Å². The molecule has 114 valence electrons. The number of rotatable bonds is 8. The first-order valence-corrected chi connectivity index (χ1v) is 8.44. The fourth-order valence-electron chi connectivity index (χ4n) is 1.91. The van der Waals surface area contributed by atoms with Gasteiger partial charge < -0.3 is 5.32 Å². The summed E-state index contributed by atoms with van der Waals surface area (Å²) in [7, 11) is -3.30. The molecule has 6 heteroatoms. The Morgan fingerprint density at radius 2 is 1.75 bits per heavy atom. The quantitative estimate of drug-likeness (QED) is 0.721. The van der Waals surface area contributed by atoms with Crippen LogP contribution in [0.3, 0.4) is 0 Å². The van der Waals surface area contributed by atoms with Gasteiger partial charge in [0, 0.05) is 13.1 Å². The molecule has 0 spiro atoms. The Labute approximate surface area is 120 Å². The van der Waals surface area contributed by atoms with Crippen molar-refractivity contribution in [2.24, 2.45) is 0 Å². The average Bonchev–Trinajstić information content (AvgIpc) is 2.39. The van der Waals surface area contributed by atoms with E-state index in [0.717, 1.165) is 18.5 Å². The molecule has 0 fully saturated rings. The van der Waals surface area contributed by atoms with E-state index < -0.39 is 10.0 Å². The molecule has 0 aliphatic carbocycles. The van der Waals surface area contributed by atoms with Crippen molar-refractivity contribution < 1.29 is 12.8 Å². The van der Waals surface area contributed by atoms with Gasteiger partial charge in [-0.25, -0.2) is 17.5 Å². The summed E-state index contributed by atoms with van der Waals surface area (Å²) < 4.78 is 39.6. The smallest absolute Gasteiger partial charge is 0.213 e. The molecular weight excluding hydrogens is 279 g/mol. The molecule has 1 rings (SSSR count). The Bertz CT molecular complexity index is 521. The highest BCUT2D eigenvalue weighted by Crippen LogP contribution is 2.14. The number of benzene rings is 1. The average molecular weight is 302 g/mol. The first kappa shape index (κ1) is 17.1. The summed E-state index contributed by atoms with van der Waals surface area (Å²) in [5.41, 5.74) is 1.83. The van der Waals surface area contributed by atoms with Gasteiger partial charge in [0.25, 0.3) is 0 Å². The fourth-order valence-corrected chi connectivity index (χ4v) is 2.86. The molecule has 0 heterocycles. The van der Waals surface area contributed by atoms with Crippen molar-refractivity contribution in [2.75, 3.05) is 18.8 Å². The van der Waals surface area contributed by atoms with Gasteiger partial charge in [0.15, 0.2) is 0 Å². The van der Waals surface area contributed by atoms with E-state index in [1.54, 1.807) is 26.0 Å². The van der Waals surface area contributed by atoms with Gasteiger partial charge in [-0.1, -0.05) is 19.1 Å². The number of sulfonamides is 1. The van der Waals surface area contributed by atoms with Crippen molar-refractivity contribution in [3.8, 4) is 0 Å². The Morgan fingerprint density at radius 1 is 1.15 bits per heavy atom. The Kier molecular flexibility index (Phi) is 6.58. The van der Waals surface area contributed by atoms with Gasteiger partial charge in [-0.05, 0) is 43.5 Å². The van der Waals surface area contributed by atoms with Crippen LogP contribution in [-0.2, 0) is 16.6 Å². The predicted molar refractivity (Wildman–Crippen MR) is 79.7 cm³/mol. The monoisotopic (exact) mass is 302 g/mol. The second-order valence-electron chi connectivity index (χ2n) is 4.93. The van der Waals surface area contributed by atoms with Crippen molar-refractivity contribution >= 4 is 10.0 Å². The van der Waals surface area contributed by atoms with E-state index in [1.165, 1.54) is 0 Å². The SMILES string of the molecule is CCCNCCS(=O)(=O)NCc1cc(C)c(F)c(C)c1. The van der Waals surface area contributed by atoms with Gasteiger partial charge in [-0.15, -0.1) is 0 Å². The summed E-state index contributed by atoms with van der Waals surface area (Å²) in [5, 5.41) is 3.05. The van der Waals surface area contributed by atoms with Crippen molar-refractivity contribution in [1.29, 1.82) is 0 Å². The molecule has 0 atom stereocenters. The maximum absolute atomic E-state index is 13.5. The summed E-state index contributed by atoms with van der Waals surface area (Å²) in [6.45, 7) is 6.82. The molecule has 0 aromatic heterocycles. The summed E-state index contributed by atoms with van der Waals surface area (Å²) in [5.74, 6) is -0.188. The molecule has 4 nitrogen and oxygen atoms in total. The van der Waals surface area contributed by atoms with E-state index in [0.29, 0.717) is 17.7 Å². The number of aryl methyl sites for hydroxylation is 2. The molecule has 20 heavy (non-hydrogen) atoms. The van der Waals surface area contributed by atoms with Crippen LogP contribution in [0.15, 0.2) is 12.1 Å². The molecule has 1 aromatic carbocycles. The van der Waals surface area contributed by atoms with Crippen LogP contribution in [0.2, 0.25) is 0 Å². The summed E-state index contributed by atoms with van der Waals surface area (Å²) in [6, 6.07) is 3.33. The van der Waals surface area contributed by atoms with Crippen LogP contribution in [0.5, 0.6) is 0 Å². The lowest BCUT2D eigenvalue weighted by molar-refractivity contribution is 0.575. The van der Waals surface area contributed by atoms with Gasteiger partial charge >= 0.3 is 0 Å². The van der Waals surface area contributed by atoms with Crippen molar-refractivity contribution in [1.82, 2.24) is 10.0 Å². The topological polar surface area (TPSA) is 58.2 Å². The number of halogens is 1. The standard InChI is InChI=1S/C14H23FN2O2S/c1-4-5-16-6-7-20(18,19)17-10-13-8-11(2)14(15)12(3)9-13/h8-9,16-17H,4-7,10H2,1-3H3. The van der Waals surface area contributed by atoms with Crippen LogP contribution in [0.25, 0.3) is 0 Å². The maximum atomic E-state index is 13.5. The highest BCUT2D eigenvalue weighted by molar-refractivity contribution is 7.89. The van der Waals surface area contributed by atoms with Gasteiger partial charge in [0.05, 0.1) is 5.75 Å². The second-order valence-corrected chi connectivity index (χ2v) is 6.86.